The zero-order valence-electron chi connectivity index (χ0n) is 16.1. The summed E-state index contributed by atoms with van der Waals surface area (Å²) in [6.45, 7) is 0. The van der Waals surface area contributed by atoms with Crippen LogP contribution in [0.3, 0.4) is 0 Å². The Balaban J connectivity index is 2.25. The van der Waals surface area contributed by atoms with E-state index in [-0.39, 0.29) is 17.0 Å². The molecule has 0 aliphatic rings. The number of amides is 1. The Bertz CT molecular complexity index is 1130. The molecular weight excluding hydrogens is 483 g/mol. The van der Waals surface area contributed by atoms with Crippen LogP contribution in [0.4, 0.5) is 11.4 Å². The fourth-order valence-electron chi connectivity index (χ4n) is 2.33. The van der Waals surface area contributed by atoms with Gasteiger partial charge < -0.3 is 0 Å². The van der Waals surface area contributed by atoms with Crippen molar-refractivity contribution in [2.24, 2.45) is 0 Å². The van der Waals surface area contributed by atoms with Crippen LogP contribution >= 0.6 is 0 Å². The number of anilines is 2. The fourth-order valence-corrected chi connectivity index (χ4v) is 7.09. The van der Waals surface area contributed by atoms with Crippen LogP contribution in [0.1, 0.15) is 10.4 Å². The van der Waals surface area contributed by atoms with Crippen LogP contribution in [-0.4, -0.2) is 64.1 Å². The molecule has 9 nitrogen and oxygen atoms in total. The van der Waals surface area contributed by atoms with E-state index in [1.807, 2.05) is 0 Å². The van der Waals surface area contributed by atoms with Gasteiger partial charge in [-0.2, -0.15) is 0 Å². The second kappa shape index (κ2) is 9.06. The van der Waals surface area contributed by atoms with E-state index in [4.69, 9.17) is 9.47 Å². The maximum atomic E-state index is 12.6. The van der Waals surface area contributed by atoms with Crippen molar-refractivity contribution in [2.45, 2.75) is 0 Å². The molecule has 1 amide bonds. The van der Waals surface area contributed by atoms with Gasteiger partial charge in [0.05, 0.1) is 6.26 Å². The summed E-state index contributed by atoms with van der Waals surface area (Å²) in [6, 6.07) is 9.02. The van der Waals surface area contributed by atoms with Crippen molar-refractivity contribution in [2.75, 3.05) is 36.8 Å². The molecule has 0 aliphatic carbocycles. The Morgan fingerprint density at radius 1 is 0.931 bits per heavy atom. The molecule has 0 bridgehead atoms. The average molecular weight is 503 g/mol. The molecule has 2 rings (SSSR count). The molecule has 0 atom stereocenters. The Morgan fingerprint density at radius 3 is 2.14 bits per heavy atom. The third-order valence-electron chi connectivity index (χ3n) is 3.46. The number of nitrogens with one attached hydrogen (secondary N) is 2. The van der Waals surface area contributed by atoms with E-state index >= 15 is 0 Å². The summed E-state index contributed by atoms with van der Waals surface area (Å²) in [5, 5.41) is 2.68. The van der Waals surface area contributed by atoms with Crippen molar-refractivity contribution < 1.29 is 31.1 Å². The summed E-state index contributed by atoms with van der Waals surface area (Å²) >= 11 is -1.14. The number of carbonyl (C=O) groups excluding carboxylic acids is 1. The number of sulfonamides is 1. The molecule has 0 aliphatic heterocycles. The van der Waals surface area contributed by atoms with Gasteiger partial charge in [0.15, 0.2) is 0 Å². The van der Waals surface area contributed by atoms with Gasteiger partial charge in [0.1, 0.15) is 0 Å². The van der Waals surface area contributed by atoms with Gasteiger partial charge in [-0.3, -0.25) is 0 Å². The zero-order valence-corrected chi connectivity index (χ0v) is 19.6. The van der Waals surface area contributed by atoms with E-state index in [0.717, 1.165) is 12.5 Å². The number of benzene rings is 2. The number of carbonyl (C=O) groups is 1. The molecule has 29 heavy (non-hydrogen) atoms. The van der Waals surface area contributed by atoms with Crippen LogP contribution in [0.25, 0.3) is 0 Å². The smallest absolute Gasteiger partial charge is 0.207 e. The van der Waals surface area contributed by atoms with Crippen LogP contribution in [0.5, 0.6) is 11.5 Å². The SMILES string of the molecule is COc1cc(NC(=O)c2ccc([As]S(C)(=O)=O)c(OC)c2)ccc1NS(C)(=O)=O. The molecule has 0 saturated heterocycles. The topological polar surface area (TPSA) is 128 Å². The van der Waals surface area contributed by atoms with Crippen molar-refractivity contribution in [1.82, 2.24) is 0 Å². The van der Waals surface area contributed by atoms with Gasteiger partial charge in [0.2, 0.25) is 0 Å². The molecule has 0 saturated carbocycles. The number of hydrogen-bond acceptors (Lipinski definition) is 7. The molecule has 0 spiro atoms. The Hall–Kier alpha value is -2.23. The summed E-state index contributed by atoms with van der Waals surface area (Å²) in [5.74, 6) is 0.114. The minimum atomic E-state index is -3.49. The number of ether oxygens (including phenoxy) is 2. The second-order valence-corrected chi connectivity index (χ2v) is 15.7. The third kappa shape index (κ3) is 6.95. The van der Waals surface area contributed by atoms with E-state index in [1.54, 1.807) is 6.07 Å². The molecule has 2 aromatic rings. The van der Waals surface area contributed by atoms with Crippen molar-refractivity contribution >= 4 is 54.4 Å². The first-order valence-electron chi connectivity index (χ1n) is 8.00. The van der Waals surface area contributed by atoms with Crippen molar-refractivity contribution in [1.29, 1.82) is 0 Å². The quantitative estimate of drug-likeness (QED) is 0.506. The van der Waals surface area contributed by atoms with Crippen molar-refractivity contribution in [3.8, 4) is 11.5 Å². The normalized spacial score (nSPS) is 12.0. The monoisotopic (exact) mass is 503 g/mol. The number of rotatable bonds is 8. The van der Waals surface area contributed by atoms with Gasteiger partial charge in [-0.15, -0.1) is 0 Å². The van der Waals surface area contributed by atoms with E-state index in [2.05, 4.69) is 10.0 Å². The van der Waals surface area contributed by atoms with Crippen LogP contribution in [0.15, 0.2) is 36.4 Å². The van der Waals surface area contributed by atoms with Crippen LogP contribution in [0.2, 0.25) is 0 Å². The van der Waals surface area contributed by atoms with Gasteiger partial charge in [-0.05, 0) is 0 Å². The van der Waals surface area contributed by atoms with E-state index in [1.165, 1.54) is 44.6 Å². The summed E-state index contributed by atoms with van der Waals surface area (Å²) in [5.41, 5.74) is 0.900. The first kappa shape index (κ1) is 23.1. The first-order valence-corrected chi connectivity index (χ1v) is 15.0. The Kier molecular flexibility index (Phi) is 7.20. The van der Waals surface area contributed by atoms with E-state index in [0.29, 0.717) is 15.8 Å². The molecule has 2 N–H and O–H groups in total. The van der Waals surface area contributed by atoms with Crippen LogP contribution in [-0.2, 0) is 18.1 Å². The molecule has 157 valence electrons. The molecule has 0 aromatic heterocycles. The van der Waals surface area contributed by atoms with Gasteiger partial charge in [0, 0.05) is 0 Å². The predicted octanol–water partition coefficient (Wildman–Crippen LogP) is 0.617. The summed E-state index contributed by atoms with van der Waals surface area (Å²) in [4.78, 5) is 12.6. The molecule has 2 aromatic carbocycles. The molecule has 1 radical (unpaired) electrons. The van der Waals surface area contributed by atoms with Gasteiger partial charge >= 0.3 is 161 Å². The van der Waals surface area contributed by atoms with E-state index < -0.39 is 38.6 Å². The Morgan fingerprint density at radius 2 is 1.59 bits per heavy atom. The summed E-state index contributed by atoms with van der Waals surface area (Å²) < 4.78 is 59.2. The van der Waals surface area contributed by atoms with Gasteiger partial charge in [-0.1, -0.05) is 0 Å². The summed E-state index contributed by atoms with van der Waals surface area (Å²) in [7, 11) is -3.87. The molecule has 0 heterocycles. The standard InChI is InChI=1S/C17H20AsN2O7S2/c1-26-15-9-11(5-7-13(15)18-28(3,22)23)17(21)19-12-6-8-14(16(10-12)27-2)20-29(4,24)25/h5-10,20H,1-4H3,(H,19,21). The van der Waals surface area contributed by atoms with E-state index in [9.17, 15) is 21.6 Å². The predicted molar refractivity (Wildman–Crippen MR) is 113 cm³/mol. The minimum Gasteiger partial charge on any atom is -0.207 e. The first-order chi connectivity index (χ1) is 13.4. The fraction of sp³-hybridized carbons (Fsp3) is 0.235. The minimum absolute atomic E-state index is 0.235. The van der Waals surface area contributed by atoms with Crippen molar-refractivity contribution in [3.05, 3.63) is 42.0 Å². The van der Waals surface area contributed by atoms with Crippen LogP contribution < -0.4 is 23.9 Å². The number of hydrogen-bond donors (Lipinski definition) is 2. The maximum absolute atomic E-state index is 12.6. The summed E-state index contributed by atoms with van der Waals surface area (Å²) in [6.07, 6.45) is 2.17. The molecule has 12 heteroatoms. The molecule has 0 fully saturated rings. The van der Waals surface area contributed by atoms with Crippen LogP contribution in [0, 0.1) is 0 Å². The second-order valence-electron chi connectivity index (χ2n) is 5.95. The van der Waals surface area contributed by atoms with Gasteiger partial charge in [0.25, 0.3) is 0 Å². The zero-order chi connectivity index (χ0) is 21.8. The van der Waals surface area contributed by atoms with Gasteiger partial charge in [-0.25, -0.2) is 8.42 Å². The molecular formula is C17H20AsN2O7S2. The molecule has 0 unspecified atom stereocenters. The number of methoxy groups -OCH3 is 2. The van der Waals surface area contributed by atoms with Crippen molar-refractivity contribution in [3.63, 3.8) is 0 Å². The third-order valence-corrected chi connectivity index (χ3v) is 8.68. The Labute approximate surface area is 175 Å². The average Bonchev–Trinajstić information content (AvgIpc) is 2.60.